The second kappa shape index (κ2) is 11.2. The SMILES string of the molecule is COc1ccc(CC2c3cc(OC)c(OC)cc3CCN2C(=O)CN2CCN(C)CC2)cc1OC. The standard InChI is InChI=1S/C27H37N3O5/c1-28-10-12-29(13-11-28)18-27(31)30-9-8-20-16-25(34-4)26(35-5)17-21(20)22(30)14-19-6-7-23(32-2)24(15-19)33-3/h6-7,15-17,22H,8-14,18H2,1-5H3. The lowest BCUT2D eigenvalue weighted by Crippen LogP contribution is -2.50. The second-order valence-electron chi connectivity index (χ2n) is 9.23. The summed E-state index contributed by atoms with van der Waals surface area (Å²) < 4.78 is 22.1. The van der Waals surface area contributed by atoms with Gasteiger partial charge in [-0.05, 0) is 60.8 Å². The summed E-state index contributed by atoms with van der Waals surface area (Å²) >= 11 is 0. The molecular weight excluding hydrogens is 446 g/mol. The number of nitrogens with zero attached hydrogens (tertiary/aromatic N) is 3. The monoisotopic (exact) mass is 483 g/mol. The van der Waals surface area contributed by atoms with Gasteiger partial charge in [0.25, 0.3) is 0 Å². The van der Waals surface area contributed by atoms with Crippen molar-refractivity contribution in [1.82, 2.24) is 14.7 Å². The zero-order chi connectivity index (χ0) is 24.9. The molecule has 35 heavy (non-hydrogen) atoms. The lowest BCUT2D eigenvalue weighted by atomic mass is 9.88. The van der Waals surface area contributed by atoms with Crippen LogP contribution >= 0.6 is 0 Å². The van der Waals surface area contributed by atoms with Crippen molar-refractivity contribution in [3.8, 4) is 23.0 Å². The number of likely N-dealkylation sites (N-methyl/N-ethyl adjacent to an activating group) is 1. The van der Waals surface area contributed by atoms with Crippen molar-refractivity contribution >= 4 is 5.91 Å². The fraction of sp³-hybridized carbons (Fsp3) is 0.519. The van der Waals surface area contributed by atoms with E-state index < -0.39 is 0 Å². The summed E-state index contributed by atoms with van der Waals surface area (Å²) in [4.78, 5) is 20.2. The van der Waals surface area contributed by atoms with E-state index >= 15 is 0 Å². The molecule has 0 radical (unpaired) electrons. The molecule has 0 saturated carbocycles. The fourth-order valence-electron chi connectivity index (χ4n) is 5.07. The quantitative estimate of drug-likeness (QED) is 0.572. The number of ether oxygens (including phenoxy) is 4. The molecule has 1 unspecified atom stereocenters. The van der Waals surface area contributed by atoms with Crippen LogP contribution in [-0.4, -0.2) is 95.4 Å². The first-order valence-corrected chi connectivity index (χ1v) is 12.1. The molecule has 2 aromatic carbocycles. The highest BCUT2D eigenvalue weighted by Gasteiger charge is 2.33. The minimum Gasteiger partial charge on any atom is -0.493 e. The van der Waals surface area contributed by atoms with E-state index in [0.717, 1.165) is 43.7 Å². The first-order chi connectivity index (χ1) is 17.0. The topological polar surface area (TPSA) is 63.7 Å². The van der Waals surface area contributed by atoms with E-state index in [4.69, 9.17) is 18.9 Å². The maximum atomic E-state index is 13.6. The van der Waals surface area contributed by atoms with Gasteiger partial charge in [-0.2, -0.15) is 0 Å². The van der Waals surface area contributed by atoms with E-state index in [1.807, 2.05) is 29.2 Å². The van der Waals surface area contributed by atoms with Crippen LogP contribution in [0.3, 0.4) is 0 Å². The Labute approximate surface area is 208 Å². The van der Waals surface area contributed by atoms with Crippen molar-refractivity contribution in [2.24, 2.45) is 0 Å². The normalized spacial score (nSPS) is 18.7. The molecule has 1 fully saturated rings. The number of rotatable bonds is 8. The molecule has 2 aliphatic rings. The van der Waals surface area contributed by atoms with Crippen LogP contribution < -0.4 is 18.9 Å². The van der Waals surface area contributed by atoms with Crippen LogP contribution in [0.4, 0.5) is 0 Å². The molecule has 2 aromatic rings. The van der Waals surface area contributed by atoms with E-state index in [1.165, 1.54) is 5.56 Å². The first-order valence-electron chi connectivity index (χ1n) is 12.1. The van der Waals surface area contributed by atoms with E-state index in [-0.39, 0.29) is 11.9 Å². The Balaban J connectivity index is 1.66. The largest absolute Gasteiger partial charge is 0.493 e. The highest BCUT2D eigenvalue weighted by Crippen LogP contribution is 2.40. The third-order valence-corrected chi connectivity index (χ3v) is 7.15. The zero-order valence-electron chi connectivity index (χ0n) is 21.5. The van der Waals surface area contributed by atoms with Gasteiger partial charge in [-0.3, -0.25) is 9.69 Å². The lowest BCUT2D eigenvalue weighted by Gasteiger charge is -2.40. The molecule has 1 saturated heterocycles. The minimum absolute atomic E-state index is 0.114. The predicted octanol–water partition coefficient (Wildman–Crippen LogP) is 2.64. The van der Waals surface area contributed by atoms with Crippen molar-refractivity contribution in [1.29, 1.82) is 0 Å². The Kier molecular flexibility index (Phi) is 8.03. The third kappa shape index (κ3) is 5.49. The maximum absolute atomic E-state index is 13.6. The molecule has 2 heterocycles. The van der Waals surface area contributed by atoms with Gasteiger partial charge in [0.15, 0.2) is 23.0 Å². The van der Waals surface area contributed by atoms with Crippen LogP contribution in [0.1, 0.15) is 22.7 Å². The molecule has 0 spiro atoms. The number of methoxy groups -OCH3 is 4. The summed E-state index contributed by atoms with van der Waals surface area (Å²) in [5.74, 6) is 2.93. The molecule has 1 atom stereocenters. The smallest absolute Gasteiger partial charge is 0.237 e. The first kappa shape index (κ1) is 25.1. The number of hydrogen-bond donors (Lipinski definition) is 0. The van der Waals surface area contributed by atoms with Crippen molar-refractivity contribution in [2.75, 3.05) is 74.8 Å². The molecular formula is C27H37N3O5. The van der Waals surface area contributed by atoms with Crippen LogP contribution in [-0.2, 0) is 17.6 Å². The summed E-state index contributed by atoms with van der Waals surface area (Å²) in [6.45, 7) is 4.92. The Morgan fingerprint density at radius 1 is 0.829 bits per heavy atom. The van der Waals surface area contributed by atoms with Gasteiger partial charge >= 0.3 is 0 Å². The van der Waals surface area contributed by atoms with Gasteiger partial charge in [0.05, 0.1) is 41.0 Å². The number of piperazine rings is 1. The van der Waals surface area contributed by atoms with Crippen LogP contribution in [0.2, 0.25) is 0 Å². The molecule has 190 valence electrons. The lowest BCUT2D eigenvalue weighted by molar-refractivity contribution is -0.135. The Bertz CT molecular complexity index is 1040. The minimum atomic E-state index is -0.114. The number of carbonyl (C=O) groups is 1. The Morgan fingerprint density at radius 2 is 1.46 bits per heavy atom. The van der Waals surface area contributed by atoms with Crippen LogP contribution in [0, 0.1) is 0 Å². The van der Waals surface area contributed by atoms with Crippen LogP contribution in [0.15, 0.2) is 30.3 Å². The fourth-order valence-corrected chi connectivity index (χ4v) is 5.07. The van der Waals surface area contributed by atoms with E-state index in [0.29, 0.717) is 42.5 Å². The maximum Gasteiger partial charge on any atom is 0.237 e. The van der Waals surface area contributed by atoms with E-state index in [1.54, 1.807) is 28.4 Å². The molecule has 4 rings (SSSR count). The summed E-state index contributed by atoms with van der Waals surface area (Å²) in [5, 5.41) is 0. The molecule has 0 aromatic heterocycles. The average molecular weight is 484 g/mol. The highest BCUT2D eigenvalue weighted by atomic mass is 16.5. The van der Waals surface area contributed by atoms with Gasteiger partial charge in [-0.1, -0.05) is 6.07 Å². The zero-order valence-corrected chi connectivity index (χ0v) is 21.5. The summed E-state index contributed by atoms with van der Waals surface area (Å²) in [5.41, 5.74) is 3.37. The second-order valence-corrected chi connectivity index (χ2v) is 9.23. The molecule has 0 aliphatic carbocycles. The third-order valence-electron chi connectivity index (χ3n) is 7.15. The van der Waals surface area contributed by atoms with Crippen molar-refractivity contribution in [2.45, 2.75) is 18.9 Å². The molecule has 2 aliphatic heterocycles. The molecule has 8 nitrogen and oxygen atoms in total. The number of benzene rings is 2. The summed E-state index contributed by atoms with van der Waals surface area (Å²) in [7, 11) is 8.70. The molecule has 8 heteroatoms. The number of fused-ring (bicyclic) bond motifs is 1. The van der Waals surface area contributed by atoms with Gasteiger partial charge in [0.2, 0.25) is 5.91 Å². The number of hydrogen-bond acceptors (Lipinski definition) is 7. The number of amides is 1. The molecule has 1 amide bonds. The van der Waals surface area contributed by atoms with Gasteiger partial charge in [0.1, 0.15) is 0 Å². The van der Waals surface area contributed by atoms with Crippen molar-refractivity contribution in [3.63, 3.8) is 0 Å². The molecule has 0 bridgehead atoms. The number of carbonyl (C=O) groups excluding carboxylic acids is 1. The van der Waals surface area contributed by atoms with Crippen LogP contribution in [0.5, 0.6) is 23.0 Å². The summed E-state index contributed by atoms with van der Waals surface area (Å²) in [6.07, 6.45) is 1.45. The van der Waals surface area contributed by atoms with E-state index in [2.05, 4.69) is 22.9 Å². The van der Waals surface area contributed by atoms with Crippen LogP contribution in [0.25, 0.3) is 0 Å². The predicted molar refractivity (Wildman–Crippen MR) is 135 cm³/mol. The van der Waals surface area contributed by atoms with Gasteiger partial charge in [0, 0.05) is 32.7 Å². The summed E-state index contributed by atoms with van der Waals surface area (Å²) in [6, 6.07) is 9.93. The highest BCUT2D eigenvalue weighted by molar-refractivity contribution is 5.79. The van der Waals surface area contributed by atoms with E-state index in [9.17, 15) is 4.79 Å². The van der Waals surface area contributed by atoms with Gasteiger partial charge in [-0.25, -0.2) is 0 Å². The van der Waals surface area contributed by atoms with Crippen molar-refractivity contribution < 1.29 is 23.7 Å². The van der Waals surface area contributed by atoms with Crippen molar-refractivity contribution in [3.05, 3.63) is 47.0 Å². The Morgan fingerprint density at radius 3 is 2.11 bits per heavy atom. The van der Waals surface area contributed by atoms with Gasteiger partial charge < -0.3 is 28.7 Å². The Hall–Kier alpha value is -2.97. The average Bonchev–Trinajstić information content (AvgIpc) is 2.89. The van der Waals surface area contributed by atoms with Gasteiger partial charge in [-0.15, -0.1) is 0 Å². The molecule has 0 N–H and O–H groups in total.